The molecular formula is C14H18N2S2. The molecule has 1 aliphatic rings. The van der Waals surface area contributed by atoms with Crippen molar-refractivity contribution in [2.45, 2.75) is 30.1 Å². The van der Waals surface area contributed by atoms with E-state index < -0.39 is 0 Å². The van der Waals surface area contributed by atoms with Crippen LogP contribution in [0.25, 0.3) is 10.2 Å². The number of thiazole rings is 1. The molecule has 2 aromatic rings. The number of hydrogen-bond acceptors (Lipinski definition) is 4. The van der Waals surface area contributed by atoms with E-state index in [1.807, 2.05) is 23.1 Å². The molecule has 4 heteroatoms. The predicted molar refractivity (Wildman–Crippen MR) is 80.5 cm³/mol. The Kier molecular flexibility index (Phi) is 3.87. The lowest BCUT2D eigenvalue weighted by Crippen LogP contribution is -2.24. The van der Waals surface area contributed by atoms with Crippen LogP contribution in [-0.2, 0) is 0 Å². The zero-order chi connectivity index (χ0) is 12.4. The Morgan fingerprint density at radius 2 is 2.28 bits per heavy atom. The van der Waals surface area contributed by atoms with Crippen LogP contribution in [0.1, 0.15) is 19.8 Å². The number of thioether (sulfide) groups is 1. The number of benzene rings is 1. The quantitative estimate of drug-likeness (QED) is 0.814. The Labute approximate surface area is 116 Å². The van der Waals surface area contributed by atoms with E-state index in [1.165, 1.54) is 21.9 Å². The molecule has 1 aromatic heterocycles. The minimum Gasteiger partial charge on any atom is -0.314 e. The lowest BCUT2D eigenvalue weighted by Gasteiger charge is -2.10. The van der Waals surface area contributed by atoms with Crippen LogP contribution >= 0.6 is 23.1 Å². The molecule has 1 aliphatic carbocycles. The molecule has 0 aliphatic heterocycles. The van der Waals surface area contributed by atoms with Crippen molar-refractivity contribution in [3.05, 3.63) is 24.3 Å². The second-order valence-corrected chi connectivity index (χ2v) is 7.34. The zero-order valence-corrected chi connectivity index (χ0v) is 12.2. The summed E-state index contributed by atoms with van der Waals surface area (Å²) >= 11 is 3.70. The molecule has 1 unspecified atom stereocenters. The van der Waals surface area contributed by atoms with Gasteiger partial charge < -0.3 is 5.32 Å². The molecule has 0 saturated heterocycles. The van der Waals surface area contributed by atoms with E-state index in [0.717, 1.165) is 23.9 Å². The number of fused-ring (bicyclic) bond motifs is 1. The number of aromatic nitrogens is 1. The average Bonchev–Trinajstić information content (AvgIpc) is 3.11. The predicted octanol–water partition coefficient (Wildman–Crippen LogP) is 3.78. The first kappa shape index (κ1) is 12.5. The highest BCUT2D eigenvalue weighted by Gasteiger charge is 2.20. The van der Waals surface area contributed by atoms with Gasteiger partial charge in [0.15, 0.2) is 4.34 Å². The molecule has 18 heavy (non-hydrogen) atoms. The molecule has 1 atom stereocenters. The van der Waals surface area contributed by atoms with Gasteiger partial charge in [0.2, 0.25) is 0 Å². The van der Waals surface area contributed by atoms with Crippen LogP contribution in [0.4, 0.5) is 0 Å². The van der Waals surface area contributed by atoms with Crippen molar-refractivity contribution in [2.75, 3.05) is 12.3 Å². The summed E-state index contributed by atoms with van der Waals surface area (Å²) in [5.41, 5.74) is 1.13. The fourth-order valence-electron chi connectivity index (χ4n) is 1.84. The highest BCUT2D eigenvalue weighted by atomic mass is 32.2. The van der Waals surface area contributed by atoms with Gasteiger partial charge in [0.25, 0.3) is 0 Å². The van der Waals surface area contributed by atoms with Gasteiger partial charge in [-0.15, -0.1) is 11.3 Å². The Hall–Kier alpha value is -0.580. The van der Waals surface area contributed by atoms with Crippen molar-refractivity contribution in [1.29, 1.82) is 0 Å². The van der Waals surface area contributed by atoms with Gasteiger partial charge in [-0.3, -0.25) is 0 Å². The second kappa shape index (κ2) is 5.59. The van der Waals surface area contributed by atoms with Crippen LogP contribution < -0.4 is 5.32 Å². The first-order valence-electron chi connectivity index (χ1n) is 6.53. The smallest absolute Gasteiger partial charge is 0.151 e. The summed E-state index contributed by atoms with van der Waals surface area (Å²) in [5.74, 6) is 1.86. The summed E-state index contributed by atoms with van der Waals surface area (Å²) in [5, 5.41) is 3.59. The minimum absolute atomic E-state index is 0.711. The number of rotatable bonds is 6. The van der Waals surface area contributed by atoms with E-state index in [9.17, 15) is 0 Å². The van der Waals surface area contributed by atoms with Gasteiger partial charge in [0.1, 0.15) is 0 Å². The monoisotopic (exact) mass is 278 g/mol. The second-order valence-electron chi connectivity index (χ2n) is 5.05. The molecule has 1 saturated carbocycles. The van der Waals surface area contributed by atoms with Crippen LogP contribution in [0.3, 0.4) is 0 Å². The summed E-state index contributed by atoms with van der Waals surface area (Å²) in [6.45, 7) is 3.46. The van der Waals surface area contributed by atoms with Gasteiger partial charge in [0.05, 0.1) is 10.2 Å². The van der Waals surface area contributed by atoms with E-state index in [0.29, 0.717) is 5.92 Å². The summed E-state index contributed by atoms with van der Waals surface area (Å²) in [6, 6.07) is 9.19. The van der Waals surface area contributed by atoms with Crippen LogP contribution in [0, 0.1) is 5.92 Å². The lowest BCUT2D eigenvalue weighted by atomic mass is 10.2. The first-order chi connectivity index (χ1) is 8.81. The topological polar surface area (TPSA) is 24.9 Å². The summed E-state index contributed by atoms with van der Waals surface area (Å²) in [7, 11) is 0. The molecular weight excluding hydrogens is 260 g/mol. The molecule has 0 radical (unpaired) electrons. The third-order valence-electron chi connectivity index (χ3n) is 3.10. The SMILES string of the molecule is CC(CNC1CC1)CSc1nc2ccccc2s1. The van der Waals surface area contributed by atoms with E-state index in [2.05, 4.69) is 41.5 Å². The summed E-state index contributed by atoms with van der Waals surface area (Å²) in [6.07, 6.45) is 2.75. The fourth-order valence-corrected chi connectivity index (χ4v) is 3.95. The van der Waals surface area contributed by atoms with E-state index in [1.54, 1.807) is 0 Å². The highest BCUT2D eigenvalue weighted by molar-refractivity contribution is 8.01. The molecule has 0 amide bonds. The molecule has 1 aromatic carbocycles. The van der Waals surface area contributed by atoms with Gasteiger partial charge in [-0.05, 0) is 37.4 Å². The maximum atomic E-state index is 4.65. The third kappa shape index (κ3) is 3.25. The largest absolute Gasteiger partial charge is 0.314 e. The van der Waals surface area contributed by atoms with Crippen molar-refractivity contribution >= 4 is 33.3 Å². The average molecular weight is 278 g/mol. The molecule has 0 spiro atoms. The Morgan fingerprint density at radius 1 is 1.44 bits per heavy atom. The van der Waals surface area contributed by atoms with Gasteiger partial charge >= 0.3 is 0 Å². The van der Waals surface area contributed by atoms with Gasteiger partial charge in [-0.25, -0.2) is 4.98 Å². The van der Waals surface area contributed by atoms with Crippen LogP contribution in [0.5, 0.6) is 0 Å². The summed E-state index contributed by atoms with van der Waals surface area (Å²) < 4.78 is 2.50. The lowest BCUT2D eigenvalue weighted by molar-refractivity contribution is 0.557. The van der Waals surface area contributed by atoms with Crippen LogP contribution in [-0.4, -0.2) is 23.3 Å². The maximum Gasteiger partial charge on any atom is 0.151 e. The molecule has 96 valence electrons. The van der Waals surface area contributed by atoms with Crippen molar-refractivity contribution < 1.29 is 0 Å². The van der Waals surface area contributed by atoms with Crippen molar-refractivity contribution in [2.24, 2.45) is 5.92 Å². The maximum absolute atomic E-state index is 4.65. The van der Waals surface area contributed by atoms with Gasteiger partial charge in [0, 0.05) is 11.8 Å². The summed E-state index contributed by atoms with van der Waals surface area (Å²) in [4.78, 5) is 4.65. The van der Waals surface area contributed by atoms with E-state index >= 15 is 0 Å². The number of para-hydroxylation sites is 1. The first-order valence-corrected chi connectivity index (χ1v) is 8.33. The normalized spacial score (nSPS) is 17.2. The van der Waals surface area contributed by atoms with Crippen molar-refractivity contribution in [3.63, 3.8) is 0 Å². The van der Waals surface area contributed by atoms with E-state index in [-0.39, 0.29) is 0 Å². The van der Waals surface area contributed by atoms with Crippen molar-refractivity contribution in [3.8, 4) is 0 Å². The molecule has 0 bridgehead atoms. The third-order valence-corrected chi connectivity index (χ3v) is 5.61. The molecule has 1 fully saturated rings. The number of nitrogens with one attached hydrogen (secondary N) is 1. The molecule has 2 nitrogen and oxygen atoms in total. The fraction of sp³-hybridized carbons (Fsp3) is 0.500. The van der Waals surface area contributed by atoms with E-state index in [4.69, 9.17) is 0 Å². The number of nitrogens with zero attached hydrogens (tertiary/aromatic N) is 1. The van der Waals surface area contributed by atoms with Gasteiger partial charge in [-0.2, -0.15) is 0 Å². The van der Waals surface area contributed by atoms with Crippen molar-refractivity contribution in [1.82, 2.24) is 10.3 Å². The Bertz CT molecular complexity index is 486. The standard InChI is InChI=1S/C14H18N2S2/c1-10(8-15-11-6-7-11)9-17-14-16-12-4-2-3-5-13(12)18-14/h2-5,10-11,15H,6-9H2,1H3. The molecule has 3 rings (SSSR count). The Balaban J connectivity index is 1.51. The zero-order valence-electron chi connectivity index (χ0n) is 10.6. The van der Waals surface area contributed by atoms with Crippen LogP contribution in [0.15, 0.2) is 28.6 Å². The van der Waals surface area contributed by atoms with Crippen LogP contribution in [0.2, 0.25) is 0 Å². The molecule has 1 heterocycles. The number of hydrogen-bond donors (Lipinski definition) is 1. The Morgan fingerprint density at radius 3 is 3.06 bits per heavy atom. The van der Waals surface area contributed by atoms with Gasteiger partial charge in [-0.1, -0.05) is 30.8 Å². The highest BCUT2D eigenvalue weighted by Crippen LogP contribution is 2.30. The molecule has 1 N–H and O–H groups in total. The minimum atomic E-state index is 0.711.